The molecule has 9 heteroatoms. The van der Waals surface area contributed by atoms with E-state index in [9.17, 15) is 4.79 Å². The highest BCUT2D eigenvalue weighted by atomic mass is 35.5. The molecule has 0 spiro atoms. The zero-order valence-corrected chi connectivity index (χ0v) is 17.5. The third-order valence-electron chi connectivity index (χ3n) is 4.19. The first-order valence-corrected chi connectivity index (χ1v) is 9.30. The van der Waals surface area contributed by atoms with E-state index < -0.39 is 5.91 Å². The first-order valence-electron chi connectivity index (χ1n) is 8.55. The molecule has 152 valence electrons. The molecule has 0 atom stereocenters. The second-order valence-electron chi connectivity index (χ2n) is 5.95. The Hall–Kier alpha value is -2.90. The predicted octanol–water partition coefficient (Wildman–Crippen LogP) is 4.52. The van der Waals surface area contributed by atoms with Crippen LogP contribution in [0.1, 0.15) is 15.9 Å². The van der Waals surface area contributed by atoms with Gasteiger partial charge in [0.15, 0.2) is 17.3 Å². The minimum absolute atomic E-state index is 0.223. The van der Waals surface area contributed by atoms with Crippen LogP contribution >= 0.6 is 23.2 Å². The van der Waals surface area contributed by atoms with Crippen LogP contribution < -0.4 is 19.5 Å². The highest BCUT2D eigenvalue weighted by molar-refractivity contribution is 6.33. The number of amides is 1. The van der Waals surface area contributed by atoms with Crippen molar-refractivity contribution < 1.29 is 19.0 Å². The predicted molar refractivity (Wildman–Crippen MR) is 112 cm³/mol. The summed E-state index contributed by atoms with van der Waals surface area (Å²) in [5.41, 5.74) is 1.13. The molecule has 3 rings (SSSR count). The average Bonchev–Trinajstić information content (AvgIpc) is 3.06. The van der Waals surface area contributed by atoms with Gasteiger partial charge >= 0.3 is 0 Å². The fraction of sp³-hybridized carbons (Fsp3) is 0.200. The normalized spacial score (nSPS) is 10.5. The van der Waals surface area contributed by atoms with Crippen LogP contribution in [0.25, 0.3) is 0 Å². The molecule has 0 saturated heterocycles. The van der Waals surface area contributed by atoms with Crippen molar-refractivity contribution in [3.8, 4) is 17.2 Å². The number of carbonyl (C=O) groups is 1. The molecule has 3 aromatic rings. The fourth-order valence-corrected chi connectivity index (χ4v) is 3.21. The number of ether oxygens (including phenoxy) is 3. The van der Waals surface area contributed by atoms with Crippen LogP contribution in [-0.4, -0.2) is 37.0 Å². The highest BCUT2D eigenvalue weighted by Crippen LogP contribution is 2.40. The first kappa shape index (κ1) is 20.8. The molecule has 29 heavy (non-hydrogen) atoms. The first-order chi connectivity index (χ1) is 14.0. The molecule has 1 aromatic heterocycles. The number of rotatable bonds is 7. The summed E-state index contributed by atoms with van der Waals surface area (Å²) < 4.78 is 17.5. The van der Waals surface area contributed by atoms with Crippen LogP contribution in [0.4, 0.5) is 5.82 Å². The summed E-state index contributed by atoms with van der Waals surface area (Å²) in [4.78, 5) is 12.8. The fourth-order valence-electron chi connectivity index (χ4n) is 2.82. The van der Waals surface area contributed by atoms with E-state index in [1.54, 1.807) is 29.1 Å². The second-order valence-corrected chi connectivity index (χ2v) is 6.77. The second kappa shape index (κ2) is 9.07. The van der Waals surface area contributed by atoms with Gasteiger partial charge in [0.1, 0.15) is 5.02 Å². The number of methoxy groups -OCH3 is 3. The van der Waals surface area contributed by atoms with Crippen LogP contribution in [0.15, 0.2) is 42.6 Å². The summed E-state index contributed by atoms with van der Waals surface area (Å²) in [5, 5.41) is 7.96. The van der Waals surface area contributed by atoms with Gasteiger partial charge in [-0.15, -0.1) is 0 Å². The number of halogens is 2. The molecule has 7 nitrogen and oxygen atoms in total. The van der Waals surface area contributed by atoms with Crippen molar-refractivity contribution in [1.29, 1.82) is 0 Å². The summed E-state index contributed by atoms with van der Waals surface area (Å²) in [5.74, 6) is 0.783. The molecule has 1 N–H and O–H groups in total. The minimum atomic E-state index is -0.451. The summed E-state index contributed by atoms with van der Waals surface area (Å²) in [6.45, 7) is 0.412. The Bertz CT molecular complexity index is 1040. The topological polar surface area (TPSA) is 74.6 Å². The quantitative estimate of drug-likeness (QED) is 0.590. The van der Waals surface area contributed by atoms with Crippen LogP contribution in [0.3, 0.4) is 0 Å². The number of nitrogens with zero attached hydrogens (tertiary/aromatic N) is 2. The van der Waals surface area contributed by atoms with Crippen molar-refractivity contribution in [2.24, 2.45) is 0 Å². The van der Waals surface area contributed by atoms with Crippen molar-refractivity contribution in [2.75, 3.05) is 26.6 Å². The van der Waals surface area contributed by atoms with Gasteiger partial charge < -0.3 is 19.5 Å². The third kappa shape index (κ3) is 4.41. The van der Waals surface area contributed by atoms with Gasteiger partial charge in [0, 0.05) is 11.2 Å². The number of hydrogen-bond acceptors (Lipinski definition) is 5. The summed E-state index contributed by atoms with van der Waals surface area (Å²) in [6.07, 6.45) is 1.62. The van der Waals surface area contributed by atoms with E-state index in [1.165, 1.54) is 21.3 Å². The lowest BCUT2D eigenvalue weighted by atomic mass is 10.1. The van der Waals surface area contributed by atoms with Gasteiger partial charge in [0.2, 0.25) is 5.75 Å². The molecule has 0 aliphatic rings. The molecule has 0 unspecified atom stereocenters. The van der Waals surface area contributed by atoms with E-state index in [2.05, 4.69) is 10.4 Å². The highest BCUT2D eigenvalue weighted by Gasteiger charge is 2.22. The molecular weight excluding hydrogens is 417 g/mol. The minimum Gasteiger partial charge on any atom is -0.493 e. The number of aromatic nitrogens is 2. The van der Waals surface area contributed by atoms with Gasteiger partial charge in [-0.3, -0.25) is 9.48 Å². The molecular formula is C20H19Cl2N3O4. The number of anilines is 1. The van der Waals surface area contributed by atoms with Gasteiger partial charge in [-0.2, -0.15) is 5.10 Å². The van der Waals surface area contributed by atoms with E-state index in [-0.39, 0.29) is 17.1 Å². The molecule has 2 aromatic carbocycles. The maximum Gasteiger partial charge on any atom is 0.260 e. The van der Waals surface area contributed by atoms with Crippen molar-refractivity contribution in [1.82, 2.24) is 9.78 Å². The Morgan fingerprint density at radius 2 is 1.72 bits per heavy atom. The lowest BCUT2D eigenvalue weighted by Crippen LogP contribution is -2.15. The van der Waals surface area contributed by atoms with Gasteiger partial charge in [0.25, 0.3) is 5.91 Å². The zero-order chi connectivity index (χ0) is 21.0. The van der Waals surface area contributed by atoms with E-state index in [0.717, 1.165) is 5.56 Å². The zero-order valence-electron chi connectivity index (χ0n) is 16.0. The maximum absolute atomic E-state index is 12.8. The van der Waals surface area contributed by atoms with E-state index >= 15 is 0 Å². The van der Waals surface area contributed by atoms with Crippen molar-refractivity contribution in [3.63, 3.8) is 0 Å². The lowest BCUT2D eigenvalue weighted by molar-refractivity contribution is 0.102. The van der Waals surface area contributed by atoms with Crippen LogP contribution in [0.2, 0.25) is 10.0 Å². The number of hydrogen-bond donors (Lipinski definition) is 1. The van der Waals surface area contributed by atoms with Gasteiger partial charge in [0.05, 0.1) is 33.4 Å². The largest absolute Gasteiger partial charge is 0.493 e. The Labute approximate surface area is 178 Å². The molecule has 0 saturated carbocycles. The number of nitrogens with one attached hydrogen (secondary N) is 1. The number of carbonyl (C=O) groups excluding carboxylic acids is 1. The molecule has 0 aliphatic heterocycles. The Kier molecular flexibility index (Phi) is 6.51. The molecule has 0 aliphatic carbocycles. The third-order valence-corrected chi connectivity index (χ3v) is 4.83. The van der Waals surface area contributed by atoms with Crippen molar-refractivity contribution in [3.05, 3.63) is 63.8 Å². The van der Waals surface area contributed by atoms with Gasteiger partial charge in [-0.1, -0.05) is 41.4 Å². The molecule has 0 radical (unpaired) electrons. The van der Waals surface area contributed by atoms with Crippen molar-refractivity contribution in [2.45, 2.75) is 6.54 Å². The monoisotopic (exact) mass is 435 g/mol. The van der Waals surface area contributed by atoms with Gasteiger partial charge in [-0.05, 0) is 23.8 Å². The maximum atomic E-state index is 12.8. The molecule has 0 bridgehead atoms. The molecule has 0 fully saturated rings. The average molecular weight is 436 g/mol. The van der Waals surface area contributed by atoms with Crippen LogP contribution in [0.5, 0.6) is 17.2 Å². The van der Waals surface area contributed by atoms with Crippen LogP contribution in [-0.2, 0) is 6.54 Å². The van der Waals surface area contributed by atoms with Crippen molar-refractivity contribution >= 4 is 34.9 Å². The smallest absolute Gasteiger partial charge is 0.260 e. The van der Waals surface area contributed by atoms with E-state index in [0.29, 0.717) is 28.1 Å². The summed E-state index contributed by atoms with van der Waals surface area (Å²) in [7, 11) is 4.41. The number of benzene rings is 2. The molecule has 1 heterocycles. The Morgan fingerprint density at radius 3 is 2.38 bits per heavy atom. The standard InChI is InChI=1S/C20H19Cl2N3O4/c1-27-16-9-8-13(17(28-2)18(16)29-3)20(26)23-19-15(22)11-25(24-19)10-12-6-4-5-7-14(12)21/h4-9,11H,10H2,1-3H3,(H,23,24,26). The van der Waals surface area contributed by atoms with Crippen LogP contribution in [0, 0.1) is 0 Å². The SMILES string of the molecule is COc1ccc(C(=O)Nc2nn(Cc3ccccc3Cl)cc2Cl)c(OC)c1OC. The Balaban J connectivity index is 1.85. The van der Waals surface area contributed by atoms with E-state index in [4.69, 9.17) is 37.4 Å². The van der Waals surface area contributed by atoms with E-state index in [1.807, 2.05) is 18.2 Å². The lowest BCUT2D eigenvalue weighted by Gasteiger charge is -2.15. The summed E-state index contributed by atoms with van der Waals surface area (Å²) >= 11 is 12.4. The summed E-state index contributed by atoms with van der Waals surface area (Å²) in [6, 6.07) is 10.6. The van der Waals surface area contributed by atoms with Gasteiger partial charge in [-0.25, -0.2) is 0 Å². The Morgan fingerprint density at radius 1 is 1.00 bits per heavy atom. The molecule has 1 amide bonds.